The Morgan fingerprint density at radius 1 is 0.966 bits per heavy atom. The lowest BCUT2D eigenvalue weighted by molar-refractivity contribution is 0.286. The summed E-state index contributed by atoms with van der Waals surface area (Å²) in [6, 6.07) is 17.5. The molecule has 2 aromatic carbocycles. The second-order valence-electron chi connectivity index (χ2n) is 7.72. The van der Waals surface area contributed by atoms with E-state index >= 15 is 0 Å². The number of rotatable bonds is 8. The van der Waals surface area contributed by atoms with E-state index in [1.165, 1.54) is 0 Å². The molecule has 5 nitrogen and oxygen atoms in total. The van der Waals surface area contributed by atoms with Crippen molar-refractivity contribution in [3.8, 4) is 5.75 Å². The van der Waals surface area contributed by atoms with Crippen molar-refractivity contribution >= 4 is 10.2 Å². The van der Waals surface area contributed by atoms with Crippen LogP contribution >= 0.6 is 0 Å². The van der Waals surface area contributed by atoms with Crippen LogP contribution in [0.4, 0.5) is 0 Å². The quantitative estimate of drug-likeness (QED) is 0.646. The molecule has 0 saturated carbocycles. The van der Waals surface area contributed by atoms with Crippen molar-refractivity contribution in [2.75, 3.05) is 20.2 Å². The molecule has 1 heterocycles. The number of hydrogen-bond acceptors (Lipinski definition) is 3. The SMILES string of the molecule is COc1ccccc1C[C@@H](C)N(Cc1ccccc1)S(=O)(=O)N1CCCCCC1. The van der Waals surface area contributed by atoms with E-state index in [1.807, 2.05) is 61.5 Å². The maximum atomic E-state index is 13.6. The number of para-hydroxylation sites is 1. The molecule has 1 aliphatic rings. The van der Waals surface area contributed by atoms with Crippen molar-refractivity contribution in [3.63, 3.8) is 0 Å². The van der Waals surface area contributed by atoms with Crippen molar-refractivity contribution in [2.45, 2.75) is 51.6 Å². The minimum Gasteiger partial charge on any atom is -0.496 e. The molecular formula is C23H32N2O3S. The van der Waals surface area contributed by atoms with E-state index in [4.69, 9.17) is 4.74 Å². The summed E-state index contributed by atoms with van der Waals surface area (Å²) in [5.74, 6) is 0.797. The van der Waals surface area contributed by atoms with Crippen LogP contribution in [-0.2, 0) is 23.2 Å². The Hall–Kier alpha value is -1.89. The van der Waals surface area contributed by atoms with Gasteiger partial charge in [0.2, 0.25) is 0 Å². The normalized spacial score (nSPS) is 17.1. The molecule has 0 spiro atoms. The second kappa shape index (κ2) is 10.2. The van der Waals surface area contributed by atoms with Gasteiger partial charge in [-0.05, 0) is 43.4 Å². The molecule has 0 unspecified atom stereocenters. The van der Waals surface area contributed by atoms with Gasteiger partial charge >= 0.3 is 0 Å². The summed E-state index contributed by atoms with van der Waals surface area (Å²) in [6.45, 7) is 3.57. The molecule has 0 bridgehead atoms. The first-order valence-corrected chi connectivity index (χ1v) is 11.8. The van der Waals surface area contributed by atoms with Gasteiger partial charge in [-0.25, -0.2) is 0 Å². The maximum Gasteiger partial charge on any atom is 0.282 e. The third kappa shape index (κ3) is 5.59. The smallest absolute Gasteiger partial charge is 0.282 e. The van der Waals surface area contributed by atoms with Crippen LogP contribution in [0, 0.1) is 0 Å². The lowest BCUT2D eigenvalue weighted by Crippen LogP contribution is -2.48. The molecule has 0 aromatic heterocycles. The van der Waals surface area contributed by atoms with Crippen LogP contribution in [0.25, 0.3) is 0 Å². The lowest BCUT2D eigenvalue weighted by atomic mass is 10.1. The molecule has 0 radical (unpaired) electrons. The van der Waals surface area contributed by atoms with E-state index in [0.29, 0.717) is 26.1 Å². The number of benzene rings is 2. The molecule has 3 rings (SSSR count). The van der Waals surface area contributed by atoms with E-state index in [2.05, 4.69) is 0 Å². The molecule has 0 N–H and O–H groups in total. The van der Waals surface area contributed by atoms with E-state index in [-0.39, 0.29) is 6.04 Å². The first-order valence-electron chi connectivity index (χ1n) is 10.4. The Morgan fingerprint density at radius 3 is 2.24 bits per heavy atom. The largest absolute Gasteiger partial charge is 0.496 e. The van der Waals surface area contributed by atoms with Crippen LogP contribution in [-0.4, -0.2) is 43.3 Å². The van der Waals surface area contributed by atoms with E-state index in [1.54, 1.807) is 15.7 Å². The zero-order valence-electron chi connectivity index (χ0n) is 17.5. The number of methoxy groups -OCH3 is 1. The monoisotopic (exact) mass is 416 g/mol. The summed E-state index contributed by atoms with van der Waals surface area (Å²) in [7, 11) is -1.91. The molecule has 0 amide bonds. The average molecular weight is 417 g/mol. The van der Waals surface area contributed by atoms with E-state index in [0.717, 1.165) is 42.6 Å². The fourth-order valence-corrected chi connectivity index (χ4v) is 5.80. The topological polar surface area (TPSA) is 49.9 Å². The average Bonchev–Trinajstić information content (AvgIpc) is 3.03. The molecule has 1 aliphatic heterocycles. The Labute approximate surface area is 175 Å². The van der Waals surface area contributed by atoms with E-state index in [9.17, 15) is 8.42 Å². The standard InChI is InChI=1S/C23H32N2O3S/c1-20(18-22-14-8-9-15-23(22)28-2)25(19-21-12-6-5-7-13-21)29(26,27)24-16-10-3-4-11-17-24/h5-9,12-15,20H,3-4,10-11,16-19H2,1-2H3/t20-/m1/s1. The predicted octanol–water partition coefficient (Wildman–Crippen LogP) is 4.25. The number of ether oxygens (including phenoxy) is 1. The molecule has 1 atom stereocenters. The molecular weight excluding hydrogens is 384 g/mol. The van der Waals surface area contributed by atoms with Gasteiger partial charge in [0, 0.05) is 25.7 Å². The van der Waals surface area contributed by atoms with Crippen LogP contribution in [0.2, 0.25) is 0 Å². The minimum atomic E-state index is -3.56. The van der Waals surface area contributed by atoms with Gasteiger partial charge in [-0.2, -0.15) is 17.0 Å². The van der Waals surface area contributed by atoms with Gasteiger partial charge in [0.15, 0.2) is 0 Å². The summed E-state index contributed by atoms with van der Waals surface area (Å²) >= 11 is 0. The summed E-state index contributed by atoms with van der Waals surface area (Å²) in [5, 5.41) is 0. The highest BCUT2D eigenvalue weighted by Gasteiger charge is 2.33. The van der Waals surface area contributed by atoms with Crippen molar-refractivity contribution in [3.05, 3.63) is 65.7 Å². The van der Waals surface area contributed by atoms with Gasteiger partial charge < -0.3 is 4.74 Å². The third-order valence-corrected chi connectivity index (χ3v) is 7.67. The summed E-state index contributed by atoms with van der Waals surface area (Å²) < 4.78 is 36.1. The fourth-order valence-electron chi connectivity index (χ4n) is 3.94. The van der Waals surface area contributed by atoms with E-state index < -0.39 is 10.2 Å². The zero-order chi connectivity index (χ0) is 20.7. The predicted molar refractivity (Wildman–Crippen MR) is 117 cm³/mol. The highest BCUT2D eigenvalue weighted by atomic mass is 32.2. The van der Waals surface area contributed by atoms with Gasteiger partial charge in [-0.1, -0.05) is 61.4 Å². The first-order chi connectivity index (χ1) is 14.0. The van der Waals surface area contributed by atoms with Crippen molar-refractivity contribution in [2.24, 2.45) is 0 Å². The second-order valence-corrected chi connectivity index (χ2v) is 9.60. The van der Waals surface area contributed by atoms with Crippen LogP contribution in [0.5, 0.6) is 5.75 Å². The molecule has 29 heavy (non-hydrogen) atoms. The highest BCUT2D eigenvalue weighted by Crippen LogP contribution is 2.25. The summed E-state index contributed by atoms with van der Waals surface area (Å²) in [6.07, 6.45) is 4.66. The van der Waals surface area contributed by atoms with Gasteiger partial charge in [0.1, 0.15) is 5.75 Å². The summed E-state index contributed by atoms with van der Waals surface area (Å²) in [4.78, 5) is 0. The van der Waals surface area contributed by atoms with Crippen LogP contribution in [0.1, 0.15) is 43.7 Å². The Kier molecular flexibility index (Phi) is 7.70. The van der Waals surface area contributed by atoms with Crippen molar-refractivity contribution in [1.82, 2.24) is 8.61 Å². The Morgan fingerprint density at radius 2 is 1.59 bits per heavy atom. The molecule has 6 heteroatoms. The minimum absolute atomic E-state index is 0.195. The highest BCUT2D eigenvalue weighted by molar-refractivity contribution is 7.86. The number of nitrogens with zero attached hydrogens (tertiary/aromatic N) is 2. The van der Waals surface area contributed by atoms with Crippen LogP contribution < -0.4 is 4.74 Å². The lowest BCUT2D eigenvalue weighted by Gasteiger charge is -2.33. The molecule has 0 aliphatic carbocycles. The Balaban J connectivity index is 1.89. The first kappa shape index (κ1) is 21.8. The maximum absolute atomic E-state index is 13.6. The van der Waals surface area contributed by atoms with Gasteiger partial charge in [0.05, 0.1) is 7.11 Å². The zero-order valence-corrected chi connectivity index (χ0v) is 18.3. The molecule has 158 valence electrons. The third-order valence-electron chi connectivity index (χ3n) is 5.57. The van der Waals surface area contributed by atoms with Crippen LogP contribution in [0.15, 0.2) is 54.6 Å². The van der Waals surface area contributed by atoms with Gasteiger partial charge in [0.25, 0.3) is 10.2 Å². The Bertz CT molecular complexity index is 863. The van der Waals surface area contributed by atoms with Crippen molar-refractivity contribution < 1.29 is 13.2 Å². The number of hydrogen-bond donors (Lipinski definition) is 0. The molecule has 1 fully saturated rings. The van der Waals surface area contributed by atoms with Gasteiger partial charge in [-0.3, -0.25) is 0 Å². The molecule has 1 saturated heterocycles. The fraction of sp³-hybridized carbons (Fsp3) is 0.478. The molecule has 2 aromatic rings. The van der Waals surface area contributed by atoms with Gasteiger partial charge in [-0.15, -0.1) is 0 Å². The van der Waals surface area contributed by atoms with Crippen molar-refractivity contribution in [1.29, 1.82) is 0 Å². The van der Waals surface area contributed by atoms with Crippen LogP contribution in [0.3, 0.4) is 0 Å². The summed E-state index contributed by atoms with van der Waals surface area (Å²) in [5.41, 5.74) is 2.02.